The van der Waals surface area contributed by atoms with Crippen molar-refractivity contribution in [3.8, 4) is 0 Å². The van der Waals surface area contributed by atoms with E-state index in [4.69, 9.17) is 4.74 Å². The van der Waals surface area contributed by atoms with Crippen LogP contribution in [-0.2, 0) is 19.6 Å². The van der Waals surface area contributed by atoms with Gasteiger partial charge in [-0.05, 0) is 56.0 Å². The Morgan fingerprint density at radius 3 is 2.32 bits per heavy atom. The van der Waals surface area contributed by atoms with Crippen molar-refractivity contribution in [1.82, 2.24) is 4.31 Å². The number of rotatable bonds is 7. The normalized spacial score (nSPS) is 16.9. The van der Waals surface area contributed by atoms with E-state index < -0.39 is 34.3 Å². The maximum absolute atomic E-state index is 13.8. The van der Waals surface area contributed by atoms with Crippen molar-refractivity contribution < 1.29 is 27.1 Å². The highest BCUT2D eigenvalue weighted by molar-refractivity contribution is 7.89. The van der Waals surface area contributed by atoms with Gasteiger partial charge in [0.05, 0.1) is 21.8 Å². The maximum Gasteiger partial charge on any atom is 0.340 e. The van der Waals surface area contributed by atoms with Crippen molar-refractivity contribution in [2.75, 3.05) is 43.0 Å². The molecule has 0 bridgehead atoms. The van der Waals surface area contributed by atoms with Gasteiger partial charge < -0.3 is 15.0 Å². The van der Waals surface area contributed by atoms with Gasteiger partial charge in [0.2, 0.25) is 10.0 Å². The molecule has 8 nitrogen and oxygen atoms in total. The van der Waals surface area contributed by atoms with Crippen LogP contribution >= 0.6 is 0 Å². The average Bonchev–Trinajstić information content (AvgIpc) is 3.39. The summed E-state index contributed by atoms with van der Waals surface area (Å²) < 4.78 is 46.7. The minimum atomic E-state index is -3.75. The number of nitrogens with one attached hydrogen (secondary N) is 1. The highest BCUT2D eigenvalue weighted by atomic mass is 32.2. The molecule has 1 amide bonds. The number of piperidine rings is 1. The van der Waals surface area contributed by atoms with Crippen molar-refractivity contribution in [1.29, 1.82) is 0 Å². The molecule has 10 heteroatoms. The Labute approximate surface area is 198 Å². The minimum Gasteiger partial charge on any atom is -0.452 e. The molecule has 2 aliphatic heterocycles. The first-order valence-corrected chi connectivity index (χ1v) is 12.9. The smallest absolute Gasteiger partial charge is 0.340 e. The molecule has 0 radical (unpaired) electrons. The fourth-order valence-corrected chi connectivity index (χ4v) is 5.83. The van der Waals surface area contributed by atoms with E-state index in [0.29, 0.717) is 18.8 Å². The van der Waals surface area contributed by atoms with Crippen molar-refractivity contribution >= 4 is 33.3 Å². The summed E-state index contributed by atoms with van der Waals surface area (Å²) in [5, 5.41) is 2.36. The van der Waals surface area contributed by atoms with E-state index in [1.54, 1.807) is 12.1 Å². The molecule has 4 rings (SSSR count). The molecule has 2 aliphatic rings. The molecule has 2 aromatic carbocycles. The Kier molecular flexibility index (Phi) is 7.47. The van der Waals surface area contributed by atoms with Crippen LogP contribution in [0.15, 0.2) is 47.4 Å². The van der Waals surface area contributed by atoms with E-state index in [0.717, 1.165) is 45.2 Å². The van der Waals surface area contributed by atoms with E-state index in [-0.39, 0.29) is 16.1 Å². The molecule has 2 aromatic rings. The third-order valence-corrected chi connectivity index (χ3v) is 7.96. The van der Waals surface area contributed by atoms with Crippen molar-refractivity contribution in [2.24, 2.45) is 0 Å². The number of ether oxygens (including phenoxy) is 1. The summed E-state index contributed by atoms with van der Waals surface area (Å²) in [5.41, 5.74) is 0.657. The zero-order chi connectivity index (χ0) is 24.1. The van der Waals surface area contributed by atoms with Gasteiger partial charge in [0.1, 0.15) is 5.82 Å². The van der Waals surface area contributed by atoms with Crippen LogP contribution in [0.1, 0.15) is 42.5 Å². The zero-order valence-electron chi connectivity index (χ0n) is 18.8. The van der Waals surface area contributed by atoms with Gasteiger partial charge in [-0.3, -0.25) is 4.79 Å². The summed E-state index contributed by atoms with van der Waals surface area (Å²) >= 11 is 0. The zero-order valence-corrected chi connectivity index (χ0v) is 19.7. The van der Waals surface area contributed by atoms with Gasteiger partial charge in [-0.15, -0.1) is 0 Å². The van der Waals surface area contributed by atoms with Gasteiger partial charge >= 0.3 is 5.97 Å². The molecule has 0 unspecified atom stereocenters. The SMILES string of the molecule is O=C(COC(=O)c1cc(S(=O)(=O)N2CCCCC2)ccc1N1CCCC1)Nc1ccccc1F. The maximum atomic E-state index is 13.8. The Morgan fingerprint density at radius 1 is 0.941 bits per heavy atom. The summed E-state index contributed by atoms with van der Waals surface area (Å²) in [4.78, 5) is 27.2. The number of esters is 1. The molecule has 0 saturated carbocycles. The summed E-state index contributed by atoms with van der Waals surface area (Å²) in [6.07, 6.45) is 4.53. The van der Waals surface area contributed by atoms with Crippen molar-refractivity contribution in [2.45, 2.75) is 37.0 Å². The Balaban J connectivity index is 1.54. The van der Waals surface area contributed by atoms with E-state index in [2.05, 4.69) is 5.32 Å². The Morgan fingerprint density at radius 2 is 1.62 bits per heavy atom. The second-order valence-corrected chi connectivity index (χ2v) is 10.4. The molecule has 2 fully saturated rings. The summed E-state index contributed by atoms with van der Waals surface area (Å²) in [5.74, 6) is -2.10. The number of para-hydroxylation sites is 1. The molecule has 0 spiro atoms. The summed E-state index contributed by atoms with van der Waals surface area (Å²) in [6.45, 7) is 1.76. The van der Waals surface area contributed by atoms with Crippen LogP contribution in [0, 0.1) is 5.82 Å². The monoisotopic (exact) mass is 489 g/mol. The largest absolute Gasteiger partial charge is 0.452 e. The third-order valence-electron chi connectivity index (χ3n) is 6.07. The predicted octanol–water partition coefficient (Wildman–Crippen LogP) is 3.40. The number of hydrogen-bond acceptors (Lipinski definition) is 6. The fourth-order valence-electron chi connectivity index (χ4n) is 4.28. The number of carbonyl (C=O) groups excluding carboxylic acids is 2. The van der Waals surface area contributed by atoms with E-state index in [1.807, 2.05) is 4.90 Å². The molecule has 2 saturated heterocycles. The van der Waals surface area contributed by atoms with Crippen LogP contribution in [0.5, 0.6) is 0 Å². The lowest BCUT2D eigenvalue weighted by Gasteiger charge is -2.27. The van der Waals surface area contributed by atoms with Gasteiger partial charge in [-0.25, -0.2) is 17.6 Å². The number of sulfonamides is 1. The Bertz CT molecular complexity index is 1160. The lowest BCUT2D eigenvalue weighted by atomic mass is 10.1. The van der Waals surface area contributed by atoms with Crippen LogP contribution < -0.4 is 10.2 Å². The average molecular weight is 490 g/mol. The molecular weight excluding hydrogens is 461 g/mol. The van der Waals surface area contributed by atoms with Crippen LogP contribution in [0.25, 0.3) is 0 Å². The number of hydrogen-bond donors (Lipinski definition) is 1. The second kappa shape index (κ2) is 10.5. The van der Waals surface area contributed by atoms with Crippen LogP contribution in [-0.4, -0.2) is 57.4 Å². The quantitative estimate of drug-likeness (QED) is 0.599. The summed E-state index contributed by atoms with van der Waals surface area (Å²) in [7, 11) is -3.75. The minimum absolute atomic E-state index is 0.0177. The van der Waals surface area contributed by atoms with Crippen molar-refractivity contribution in [3.05, 3.63) is 53.8 Å². The molecule has 182 valence electrons. The van der Waals surface area contributed by atoms with E-state index in [9.17, 15) is 22.4 Å². The van der Waals surface area contributed by atoms with Gasteiger partial charge in [0, 0.05) is 26.2 Å². The van der Waals surface area contributed by atoms with Crippen molar-refractivity contribution in [3.63, 3.8) is 0 Å². The highest BCUT2D eigenvalue weighted by Gasteiger charge is 2.29. The fraction of sp³-hybridized carbons (Fsp3) is 0.417. The highest BCUT2D eigenvalue weighted by Crippen LogP contribution is 2.30. The predicted molar refractivity (Wildman–Crippen MR) is 126 cm³/mol. The molecule has 0 atom stereocenters. The van der Waals surface area contributed by atoms with Crippen LogP contribution in [0.4, 0.5) is 15.8 Å². The number of anilines is 2. The molecule has 34 heavy (non-hydrogen) atoms. The molecule has 2 heterocycles. The first-order valence-electron chi connectivity index (χ1n) is 11.5. The number of nitrogens with zero attached hydrogens (tertiary/aromatic N) is 2. The molecule has 0 aliphatic carbocycles. The molecule has 1 N–H and O–H groups in total. The van der Waals surface area contributed by atoms with Crippen LogP contribution in [0.2, 0.25) is 0 Å². The lowest BCUT2D eigenvalue weighted by molar-refractivity contribution is -0.119. The number of amides is 1. The molecule has 0 aromatic heterocycles. The van der Waals surface area contributed by atoms with Crippen LogP contribution in [0.3, 0.4) is 0 Å². The number of benzene rings is 2. The third kappa shape index (κ3) is 5.39. The number of halogens is 1. The van der Waals surface area contributed by atoms with Gasteiger partial charge in [0.15, 0.2) is 6.61 Å². The topological polar surface area (TPSA) is 96.0 Å². The standard InChI is InChI=1S/C24H28FN3O5S/c25-20-8-2-3-9-21(20)26-23(29)17-33-24(30)19-16-18(10-11-22(19)27-12-6-7-13-27)34(31,32)28-14-4-1-5-15-28/h2-3,8-11,16H,1,4-7,12-15,17H2,(H,26,29). The second-order valence-electron chi connectivity index (χ2n) is 8.44. The van der Waals surface area contributed by atoms with Gasteiger partial charge in [-0.1, -0.05) is 18.6 Å². The Hall–Kier alpha value is -2.98. The van der Waals surface area contributed by atoms with E-state index >= 15 is 0 Å². The number of carbonyl (C=O) groups is 2. The first-order chi connectivity index (χ1) is 16.4. The molecular formula is C24H28FN3O5S. The van der Waals surface area contributed by atoms with Gasteiger partial charge in [-0.2, -0.15) is 4.31 Å². The summed E-state index contributed by atoms with van der Waals surface area (Å²) in [6, 6.07) is 10.2. The van der Waals surface area contributed by atoms with Gasteiger partial charge in [0.25, 0.3) is 5.91 Å². The van der Waals surface area contributed by atoms with E-state index in [1.165, 1.54) is 34.6 Å². The first kappa shape index (κ1) is 24.2. The lowest BCUT2D eigenvalue weighted by Crippen LogP contribution is -2.35.